The van der Waals surface area contributed by atoms with E-state index in [2.05, 4.69) is 5.32 Å². The summed E-state index contributed by atoms with van der Waals surface area (Å²) >= 11 is 0. The average Bonchev–Trinajstić information content (AvgIpc) is 2.33. The highest BCUT2D eigenvalue weighted by Gasteiger charge is 2.29. The Morgan fingerprint density at radius 2 is 1.57 bits per heavy atom. The molecule has 0 rings (SSSR count). The highest BCUT2D eigenvalue weighted by molar-refractivity contribution is 5.91. The number of hydrogen-bond acceptors (Lipinski definition) is 3. The Bertz CT molecular complexity index is 380. The first-order valence-corrected chi connectivity index (χ1v) is 7.41. The number of nitrogens with zero attached hydrogens (tertiary/aromatic N) is 1. The number of hydrogen-bond donors (Lipinski definition) is 2. The molecule has 3 N–H and O–H groups in total. The molecule has 0 saturated heterocycles. The van der Waals surface area contributed by atoms with Gasteiger partial charge in [-0.05, 0) is 25.2 Å². The number of nitrogens with two attached hydrogens (primary N) is 1. The molecule has 21 heavy (non-hydrogen) atoms. The number of amides is 3. The Balaban J connectivity index is 4.97. The fourth-order valence-electron chi connectivity index (χ4n) is 1.94. The van der Waals surface area contributed by atoms with Gasteiger partial charge >= 0.3 is 0 Å². The topological polar surface area (TPSA) is 92.5 Å². The van der Waals surface area contributed by atoms with E-state index in [4.69, 9.17) is 5.73 Å². The van der Waals surface area contributed by atoms with Crippen molar-refractivity contribution in [1.29, 1.82) is 0 Å². The van der Waals surface area contributed by atoms with Crippen LogP contribution in [0.15, 0.2) is 0 Å². The van der Waals surface area contributed by atoms with Crippen LogP contribution in [0.2, 0.25) is 0 Å². The SMILES string of the molecule is CC(C)CC(=O)N(C)[C@@H](CC(C)C)C(=O)N[C@H](C)C(N)=O. The summed E-state index contributed by atoms with van der Waals surface area (Å²) in [6.45, 7) is 9.41. The molecule has 0 aliphatic carbocycles. The minimum absolute atomic E-state index is 0.0717. The van der Waals surface area contributed by atoms with Crippen molar-refractivity contribution in [1.82, 2.24) is 10.2 Å². The molecule has 2 atom stereocenters. The van der Waals surface area contributed by atoms with E-state index in [-0.39, 0.29) is 23.7 Å². The summed E-state index contributed by atoms with van der Waals surface area (Å²) in [6.07, 6.45) is 0.932. The molecule has 0 aliphatic heterocycles. The molecule has 6 heteroatoms. The maximum absolute atomic E-state index is 12.3. The molecular weight excluding hydrogens is 270 g/mol. The lowest BCUT2D eigenvalue weighted by Crippen LogP contribution is -2.53. The average molecular weight is 299 g/mol. The second kappa shape index (κ2) is 8.64. The standard InChI is InChI=1S/C15H29N3O3/c1-9(2)7-12(15(21)17-11(5)14(16)20)18(6)13(19)8-10(3)4/h9-12H,7-8H2,1-6H3,(H2,16,20)(H,17,21)/t11-,12+/m1/s1. The molecule has 6 nitrogen and oxygen atoms in total. The van der Waals surface area contributed by atoms with Crippen LogP contribution < -0.4 is 11.1 Å². The molecule has 0 spiro atoms. The van der Waals surface area contributed by atoms with Crippen molar-refractivity contribution in [3.63, 3.8) is 0 Å². The Kier molecular flexibility index (Phi) is 7.99. The van der Waals surface area contributed by atoms with Crippen molar-refractivity contribution >= 4 is 17.7 Å². The molecule has 122 valence electrons. The molecule has 0 heterocycles. The normalized spacial score (nSPS) is 13.9. The summed E-state index contributed by atoms with van der Waals surface area (Å²) in [5, 5.41) is 2.57. The van der Waals surface area contributed by atoms with Crippen molar-refractivity contribution in [2.45, 2.75) is 59.5 Å². The molecule has 0 radical (unpaired) electrons. The quantitative estimate of drug-likeness (QED) is 0.697. The minimum atomic E-state index is -0.749. The molecule has 0 bridgehead atoms. The fraction of sp³-hybridized carbons (Fsp3) is 0.800. The lowest BCUT2D eigenvalue weighted by atomic mass is 10.0. The van der Waals surface area contributed by atoms with Gasteiger partial charge in [0.05, 0.1) is 0 Å². The zero-order chi connectivity index (χ0) is 16.7. The number of nitrogens with one attached hydrogen (secondary N) is 1. The first-order valence-electron chi connectivity index (χ1n) is 7.41. The Morgan fingerprint density at radius 3 is 1.95 bits per heavy atom. The van der Waals surface area contributed by atoms with E-state index in [9.17, 15) is 14.4 Å². The van der Waals surface area contributed by atoms with E-state index in [0.717, 1.165) is 0 Å². The summed E-state index contributed by atoms with van der Waals surface area (Å²) in [5.74, 6) is -0.527. The van der Waals surface area contributed by atoms with Gasteiger partial charge in [-0.25, -0.2) is 0 Å². The summed E-state index contributed by atoms with van der Waals surface area (Å²) in [6, 6.07) is -1.33. The summed E-state index contributed by atoms with van der Waals surface area (Å²) in [4.78, 5) is 37.0. The van der Waals surface area contributed by atoms with Gasteiger partial charge in [0.25, 0.3) is 0 Å². The third kappa shape index (κ3) is 7.11. The van der Waals surface area contributed by atoms with Crippen LogP contribution in [0.25, 0.3) is 0 Å². The second-order valence-corrected chi connectivity index (χ2v) is 6.38. The minimum Gasteiger partial charge on any atom is -0.368 e. The Hall–Kier alpha value is -1.59. The number of primary amides is 1. The van der Waals surface area contributed by atoms with Gasteiger partial charge in [-0.3, -0.25) is 14.4 Å². The van der Waals surface area contributed by atoms with E-state index < -0.39 is 18.0 Å². The molecule has 0 saturated carbocycles. The largest absolute Gasteiger partial charge is 0.368 e. The lowest BCUT2D eigenvalue weighted by molar-refractivity contribution is -0.140. The lowest BCUT2D eigenvalue weighted by Gasteiger charge is -2.30. The van der Waals surface area contributed by atoms with Gasteiger partial charge in [0.1, 0.15) is 12.1 Å². The predicted molar refractivity (Wildman–Crippen MR) is 82.3 cm³/mol. The third-order valence-corrected chi connectivity index (χ3v) is 3.23. The summed E-state index contributed by atoms with van der Waals surface area (Å²) in [7, 11) is 1.63. The van der Waals surface area contributed by atoms with Crippen LogP contribution in [0, 0.1) is 11.8 Å². The van der Waals surface area contributed by atoms with Gasteiger partial charge in [-0.2, -0.15) is 0 Å². The van der Waals surface area contributed by atoms with Crippen LogP contribution in [-0.2, 0) is 14.4 Å². The van der Waals surface area contributed by atoms with Gasteiger partial charge < -0.3 is 16.0 Å². The summed E-state index contributed by atoms with van der Waals surface area (Å²) in [5.41, 5.74) is 5.15. The van der Waals surface area contributed by atoms with Crippen LogP contribution >= 0.6 is 0 Å². The maximum Gasteiger partial charge on any atom is 0.243 e. The van der Waals surface area contributed by atoms with E-state index >= 15 is 0 Å². The zero-order valence-corrected chi connectivity index (χ0v) is 14.0. The molecule has 0 aliphatic rings. The molecule has 0 unspecified atom stereocenters. The van der Waals surface area contributed by atoms with E-state index in [1.165, 1.54) is 11.8 Å². The van der Waals surface area contributed by atoms with E-state index in [1.807, 2.05) is 27.7 Å². The van der Waals surface area contributed by atoms with Crippen LogP contribution in [0.5, 0.6) is 0 Å². The number of rotatable bonds is 8. The molecule has 3 amide bonds. The molecule has 0 aromatic rings. The first kappa shape index (κ1) is 19.4. The zero-order valence-electron chi connectivity index (χ0n) is 14.0. The van der Waals surface area contributed by atoms with Crippen LogP contribution in [0.4, 0.5) is 0 Å². The molecular formula is C15H29N3O3. The Morgan fingerprint density at radius 1 is 1.05 bits per heavy atom. The van der Waals surface area contributed by atoms with Gasteiger partial charge in [-0.15, -0.1) is 0 Å². The monoisotopic (exact) mass is 299 g/mol. The van der Waals surface area contributed by atoms with Gasteiger partial charge in [0.15, 0.2) is 0 Å². The number of carbonyl (C=O) groups excluding carboxylic acids is 3. The smallest absolute Gasteiger partial charge is 0.243 e. The number of carbonyl (C=O) groups is 3. The summed E-state index contributed by atoms with van der Waals surface area (Å²) < 4.78 is 0. The van der Waals surface area contributed by atoms with Crippen LogP contribution in [-0.4, -0.2) is 41.8 Å². The maximum atomic E-state index is 12.3. The Labute approximate surface area is 127 Å². The fourth-order valence-corrected chi connectivity index (χ4v) is 1.94. The van der Waals surface area contributed by atoms with Crippen molar-refractivity contribution in [3.8, 4) is 0 Å². The van der Waals surface area contributed by atoms with Crippen molar-refractivity contribution in [2.24, 2.45) is 17.6 Å². The van der Waals surface area contributed by atoms with E-state index in [0.29, 0.717) is 12.8 Å². The van der Waals surface area contributed by atoms with Gasteiger partial charge in [0, 0.05) is 13.5 Å². The molecule has 0 aromatic heterocycles. The third-order valence-electron chi connectivity index (χ3n) is 3.23. The first-order chi connectivity index (χ1) is 9.56. The highest BCUT2D eigenvalue weighted by Crippen LogP contribution is 2.14. The van der Waals surface area contributed by atoms with Crippen LogP contribution in [0.3, 0.4) is 0 Å². The van der Waals surface area contributed by atoms with Crippen molar-refractivity contribution in [2.75, 3.05) is 7.05 Å². The second-order valence-electron chi connectivity index (χ2n) is 6.38. The van der Waals surface area contributed by atoms with Crippen molar-refractivity contribution in [3.05, 3.63) is 0 Å². The van der Waals surface area contributed by atoms with Crippen molar-refractivity contribution < 1.29 is 14.4 Å². The van der Waals surface area contributed by atoms with Gasteiger partial charge in [-0.1, -0.05) is 27.7 Å². The van der Waals surface area contributed by atoms with Crippen LogP contribution in [0.1, 0.15) is 47.5 Å². The van der Waals surface area contributed by atoms with Gasteiger partial charge in [0.2, 0.25) is 17.7 Å². The highest BCUT2D eigenvalue weighted by atomic mass is 16.2. The predicted octanol–water partition coefficient (Wildman–Crippen LogP) is 0.896. The van der Waals surface area contributed by atoms with E-state index in [1.54, 1.807) is 7.05 Å². The number of likely N-dealkylation sites (N-methyl/N-ethyl adjacent to an activating group) is 1. The molecule has 0 aromatic carbocycles. The molecule has 0 fully saturated rings.